The molecule has 1 unspecified atom stereocenters. The fourth-order valence-corrected chi connectivity index (χ4v) is 8.66. The molecule has 2 atom stereocenters. The summed E-state index contributed by atoms with van der Waals surface area (Å²) in [7, 11) is 0. The van der Waals surface area contributed by atoms with Crippen molar-refractivity contribution >= 4 is 17.9 Å². The molecule has 0 N–H and O–H groups in total. The minimum atomic E-state index is -0.763. The van der Waals surface area contributed by atoms with Gasteiger partial charge in [-0.1, -0.05) is 279 Å². The Morgan fingerprint density at radius 3 is 0.905 bits per heavy atom. The van der Waals surface area contributed by atoms with Crippen molar-refractivity contribution < 1.29 is 28.6 Å². The molecule has 0 fully saturated rings. The van der Waals surface area contributed by atoms with Crippen molar-refractivity contribution in [1.82, 2.24) is 0 Å². The van der Waals surface area contributed by atoms with Gasteiger partial charge in [-0.15, -0.1) is 0 Å². The molecule has 0 spiro atoms. The third-order valence-corrected chi connectivity index (χ3v) is 13.3. The average Bonchev–Trinajstić information content (AvgIpc) is 3.27. The molecule has 0 bridgehead atoms. The zero-order chi connectivity index (χ0) is 46.1. The number of carbonyl (C=O) groups excluding carboxylic acids is 3. The largest absolute Gasteiger partial charge is 0.462 e. The predicted octanol–water partition coefficient (Wildman–Crippen LogP) is 18.5. The molecule has 0 aliphatic heterocycles. The summed E-state index contributed by atoms with van der Waals surface area (Å²) in [6, 6.07) is 0. The lowest BCUT2D eigenvalue weighted by molar-refractivity contribution is -0.167. The first-order chi connectivity index (χ1) is 30.8. The molecule has 0 saturated heterocycles. The first kappa shape index (κ1) is 61.4. The van der Waals surface area contributed by atoms with Crippen LogP contribution in [0.4, 0.5) is 0 Å². The highest BCUT2D eigenvalue weighted by atomic mass is 16.6. The van der Waals surface area contributed by atoms with E-state index in [-0.39, 0.29) is 31.1 Å². The topological polar surface area (TPSA) is 78.9 Å². The molecule has 6 heteroatoms. The Morgan fingerprint density at radius 1 is 0.333 bits per heavy atom. The van der Waals surface area contributed by atoms with Gasteiger partial charge in [0.25, 0.3) is 0 Å². The second-order valence-corrected chi connectivity index (χ2v) is 20.3. The number of carbonyl (C=O) groups is 3. The smallest absolute Gasteiger partial charge is 0.306 e. The van der Waals surface area contributed by atoms with Crippen LogP contribution in [0.3, 0.4) is 0 Å². The zero-order valence-electron chi connectivity index (χ0n) is 43.2. The summed E-state index contributed by atoms with van der Waals surface area (Å²) < 4.78 is 16.9. The molecule has 63 heavy (non-hydrogen) atoms. The number of rotatable bonds is 51. The standard InChI is InChI=1S/C57H110O6/c1-6-8-9-10-11-12-13-14-16-20-23-26-32-37-42-47-55(58)61-50-54(63-57(60)49-44-39-34-29-28-31-36-41-46-53(5)7-2)51-62-56(59)48-43-38-33-27-24-21-18-15-17-19-22-25-30-35-40-45-52(3)4/h52-54H,6-51H2,1-5H3/t53?,54-/m1/s1. The monoisotopic (exact) mass is 891 g/mol. The van der Waals surface area contributed by atoms with Crippen molar-refractivity contribution in [3.63, 3.8) is 0 Å². The molecule has 0 radical (unpaired) electrons. The summed E-state index contributed by atoms with van der Waals surface area (Å²) in [5, 5.41) is 0. The van der Waals surface area contributed by atoms with Gasteiger partial charge in [-0.05, 0) is 31.1 Å². The number of unbranched alkanes of at least 4 members (excludes halogenated alkanes) is 35. The quantitative estimate of drug-likeness (QED) is 0.0344. The van der Waals surface area contributed by atoms with Crippen LogP contribution in [0, 0.1) is 11.8 Å². The van der Waals surface area contributed by atoms with Crippen molar-refractivity contribution in [1.29, 1.82) is 0 Å². The van der Waals surface area contributed by atoms with Crippen molar-refractivity contribution in [2.45, 2.75) is 323 Å². The van der Waals surface area contributed by atoms with E-state index in [4.69, 9.17) is 14.2 Å². The third kappa shape index (κ3) is 49.7. The van der Waals surface area contributed by atoms with E-state index in [1.54, 1.807) is 0 Å². The van der Waals surface area contributed by atoms with E-state index >= 15 is 0 Å². The molecular formula is C57H110O6. The molecule has 0 aromatic heterocycles. The highest BCUT2D eigenvalue weighted by molar-refractivity contribution is 5.71. The van der Waals surface area contributed by atoms with Crippen molar-refractivity contribution in [3.05, 3.63) is 0 Å². The van der Waals surface area contributed by atoms with Crippen molar-refractivity contribution in [2.75, 3.05) is 13.2 Å². The SMILES string of the molecule is CCCCCCCCCCCCCCCCCC(=O)OC[C@H](COC(=O)CCCCCCCCCCCCCCCCCC(C)C)OC(=O)CCCCCCCCCCC(C)CC. The van der Waals surface area contributed by atoms with Crippen LogP contribution < -0.4 is 0 Å². The van der Waals surface area contributed by atoms with Gasteiger partial charge in [-0.25, -0.2) is 0 Å². The Labute approximate surface area is 393 Å². The molecular weight excluding hydrogens is 781 g/mol. The second-order valence-electron chi connectivity index (χ2n) is 20.3. The highest BCUT2D eigenvalue weighted by Crippen LogP contribution is 2.18. The van der Waals surface area contributed by atoms with Crippen LogP contribution in [0.2, 0.25) is 0 Å². The Kier molecular flexibility index (Phi) is 48.6. The Morgan fingerprint density at radius 2 is 0.603 bits per heavy atom. The molecule has 0 aliphatic rings. The first-order valence-corrected chi connectivity index (χ1v) is 28.3. The minimum absolute atomic E-state index is 0.0633. The average molecular weight is 892 g/mol. The third-order valence-electron chi connectivity index (χ3n) is 13.3. The van der Waals surface area contributed by atoms with Crippen LogP contribution in [0.25, 0.3) is 0 Å². The summed E-state index contributed by atoms with van der Waals surface area (Å²) in [6.07, 6.45) is 52.3. The zero-order valence-corrected chi connectivity index (χ0v) is 43.2. The lowest BCUT2D eigenvalue weighted by Gasteiger charge is -2.18. The lowest BCUT2D eigenvalue weighted by atomic mass is 9.99. The Balaban J connectivity index is 4.27. The maximum atomic E-state index is 12.8. The van der Waals surface area contributed by atoms with Crippen LogP contribution in [0.5, 0.6) is 0 Å². The molecule has 374 valence electrons. The summed E-state index contributed by atoms with van der Waals surface area (Å²) >= 11 is 0. The number of hydrogen-bond donors (Lipinski definition) is 0. The van der Waals surface area contributed by atoms with Crippen LogP contribution in [-0.2, 0) is 28.6 Å². The Hall–Kier alpha value is -1.59. The summed E-state index contributed by atoms with van der Waals surface area (Å²) in [4.78, 5) is 38.1. The highest BCUT2D eigenvalue weighted by Gasteiger charge is 2.19. The lowest BCUT2D eigenvalue weighted by Crippen LogP contribution is -2.30. The van der Waals surface area contributed by atoms with E-state index in [9.17, 15) is 14.4 Å². The fourth-order valence-electron chi connectivity index (χ4n) is 8.66. The van der Waals surface area contributed by atoms with Gasteiger partial charge in [0, 0.05) is 19.3 Å². The number of esters is 3. The molecule has 0 heterocycles. The van der Waals surface area contributed by atoms with Crippen molar-refractivity contribution in [2.24, 2.45) is 11.8 Å². The van der Waals surface area contributed by atoms with E-state index in [0.29, 0.717) is 19.3 Å². The molecule has 0 saturated carbocycles. The number of hydrogen-bond acceptors (Lipinski definition) is 6. The van der Waals surface area contributed by atoms with Gasteiger partial charge >= 0.3 is 17.9 Å². The normalized spacial score (nSPS) is 12.5. The van der Waals surface area contributed by atoms with Crippen molar-refractivity contribution in [3.8, 4) is 0 Å². The first-order valence-electron chi connectivity index (χ1n) is 28.3. The summed E-state index contributed by atoms with van der Waals surface area (Å²) in [5.74, 6) is 0.851. The van der Waals surface area contributed by atoms with E-state index in [2.05, 4.69) is 34.6 Å². The minimum Gasteiger partial charge on any atom is -0.462 e. The maximum Gasteiger partial charge on any atom is 0.306 e. The van der Waals surface area contributed by atoms with E-state index in [0.717, 1.165) is 69.6 Å². The van der Waals surface area contributed by atoms with Gasteiger partial charge in [-0.3, -0.25) is 14.4 Å². The maximum absolute atomic E-state index is 12.8. The molecule has 0 aromatic carbocycles. The molecule has 6 nitrogen and oxygen atoms in total. The van der Waals surface area contributed by atoms with Gasteiger partial charge in [0.2, 0.25) is 0 Å². The van der Waals surface area contributed by atoms with E-state index in [1.807, 2.05) is 0 Å². The van der Waals surface area contributed by atoms with Gasteiger partial charge in [0.15, 0.2) is 6.10 Å². The van der Waals surface area contributed by atoms with Gasteiger partial charge in [0.1, 0.15) is 13.2 Å². The van der Waals surface area contributed by atoms with Gasteiger partial charge in [-0.2, -0.15) is 0 Å². The molecule has 0 aromatic rings. The van der Waals surface area contributed by atoms with Gasteiger partial charge in [0.05, 0.1) is 0 Å². The fraction of sp³-hybridized carbons (Fsp3) is 0.947. The van der Waals surface area contributed by atoms with Gasteiger partial charge < -0.3 is 14.2 Å². The second kappa shape index (κ2) is 49.8. The predicted molar refractivity (Wildman–Crippen MR) is 270 cm³/mol. The Bertz CT molecular complexity index is 964. The molecule has 0 amide bonds. The van der Waals surface area contributed by atoms with Crippen LogP contribution >= 0.6 is 0 Å². The van der Waals surface area contributed by atoms with E-state index < -0.39 is 6.10 Å². The molecule has 0 aliphatic carbocycles. The van der Waals surface area contributed by atoms with Crippen LogP contribution in [-0.4, -0.2) is 37.2 Å². The van der Waals surface area contributed by atoms with Crippen LogP contribution in [0.1, 0.15) is 317 Å². The number of ether oxygens (including phenoxy) is 3. The van der Waals surface area contributed by atoms with Crippen LogP contribution in [0.15, 0.2) is 0 Å². The summed E-state index contributed by atoms with van der Waals surface area (Å²) in [6.45, 7) is 11.4. The van der Waals surface area contributed by atoms with E-state index in [1.165, 1.54) is 205 Å². The summed E-state index contributed by atoms with van der Waals surface area (Å²) in [5.41, 5.74) is 0. The molecule has 0 rings (SSSR count).